The summed E-state index contributed by atoms with van der Waals surface area (Å²) in [6, 6.07) is -0.143. The molecule has 1 aliphatic heterocycles. The first-order chi connectivity index (χ1) is 5.70. The van der Waals surface area contributed by atoms with Gasteiger partial charge in [-0.1, -0.05) is 0 Å². The van der Waals surface area contributed by atoms with E-state index < -0.39 is 6.08 Å². The van der Waals surface area contributed by atoms with Crippen LogP contribution in [-0.4, -0.2) is 43.3 Å². The molecule has 0 aromatic carbocycles. The van der Waals surface area contributed by atoms with Crippen LogP contribution in [0, 0.1) is 5.41 Å². The zero-order valence-corrected chi connectivity index (χ0v) is 6.50. The fourth-order valence-electron chi connectivity index (χ4n) is 0.973. The molecule has 0 aromatic heterocycles. The second-order valence-electron chi connectivity index (χ2n) is 2.35. The number of hydrogen-bond donors (Lipinski definition) is 2. The Hall–Kier alpha value is -1.46. The lowest BCUT2D eigenvalue weighted by atomic mass is 10.5. The van der Waals surface area contributed by atoms with Crippen LogP contribution < -0.4 is 10.4 Å². The van der Waals surface area contributed by atoms with Crippen molar-refractivity contribution in [2.24, 2.45) is 0 Å². The molecule has 68 valence electrons. The van der Waals surface area contributed by atoms with Crippen LogP contribution in [0.2, 0.25) is 0 Å². The molecular weight excluding hydrogens is 162 g/mol. The van der Waals surface area contributed by atoms with Crippen LogP contribution in [0.4, 0.5) is 4.79 Å². The van der Waals surface area contributed by atoms with E-state index >= 15 is 0 Å². The van der Waals surface area contributed by atoms with Gasteiger partial charge in [0.1, 0.15) is 6.08 Å². The van der Waals surface area contributed by atoms with E-state index in [0.29, 0.717) is 19.6 Å². The molecule has 0 saturated carbocycles. The monoisotopic (exact) mass is 172 g/mol. The van der Waals surface area contributed by atoms with E-state index in [1.54, 1.807) is 0 Å². The minimum Gasteiger partial charge on any atom is -0.599 e. The van der Waals surface area contributed by atoms with Crippen molar-refractivity contribution < 1.29 is 14.6 Å². The fraction of sp³-hybridized carbons (Fsp3) is 0.667. The maximum atomic E-state index is 10.9. The fourth-order valence-corrected chi connectivity index (χ4v) is 0.973. The lowest BCUT2D eigenvalue weighted by Crippen LogP contribution is -2.33. The van der Waals surface area contributed by atoms with Crippen LogP contribution in [0.25, 0.3) is 0 Å². The molecule has 2 N–H and O–H groups in total. The molecule has 1 aliphatic rings. The van der Waals surface area contributed by atoms with E-state index in [-0.39, 0.29) is 12.6 Å². The maximum absolute atomic E-state index is 10.9. The molecule has 1 heterocycles. The highest BCUT2D eigenvalue weighted by molar-refractivity contribution is 5.76. The number of carbonyl (C=O) groups excluding carboxylic acids is 1. The van der Waals surface area contributed by atoms with Crippen molar-refractivity contribution in [2.45, 2.75) is 0 Å². The Morgan fingerprint density at radius 2 is 2.58 bits per heavy atom. The summed E-state index contributed by atoms with van der Waals surface area (Å²) >= 11 is 0. The predicted octanol–water partition coefficient (Wildman–Crippen LogP) is -1.68. The lowest BCUT2D eigenvalue weighted by Gasteiger charge is -2.17. The van der Waals surface area contributed by atoms with Crippen LogP contribution in [0.3, 0.4) is 0 Å². The molecule has 12 heavy (non-hydrogen) atoms. The quantitative estimate of drug-likeness (QED) is 0.394. The number of amides is 2. The normalized spacial score (nSPS) is 16.0. The average molecular weight is 172 g/mol. The maximum Gasteiger partial charge on any atom is 0.317 e. The van der Waals surface area contributed by atoms with Crippen molar-refractivity contribution in [1.82, 2.24) is 10.2 Å². The van der Waals surface area contributed by atoms with Crippen LogP contribution in [0.15, 0.2) is 0 Å². The SMILES string of the molecule is N=C([O-])OCCN1CCNC1=O. The molecule has 1 rings (SSSR count). The molecular formula is C6H10N3O3-. The predicted molar refractivity (Wildman–Crippen MR) is 38.7 cm³/mol. The molecule has 0 aliphatic carbocycles. The zero-order chi connectivity index (χ0) is 8.97. The smallest absolute Gasteiger partial charge is 0.317 e. The van der Waals surface area contributed by atoms with E-state index in [2.05, 4.69) is 10.1 Å². The van der Waals surface area contributed by atoms with Crippen molar-refractivity contribution in [1.29, 1.82) is 5.41 Å². The average Bonchev–Trinajstić information content (AvgIpc) is 2.36. The van der Waals surface area contributed by atoms with E-state index in [1.807, 2.05) is 0 Å². The lowest BCUT2D eigenvalue weighted by molar-refractivity contribution is -0.252. The van der Waals surface area contributed by atoms with Gasteiger partial charge >= 0.3 is 6.03 Å². The molecule has 6 nitrogen and oxygen atoms in total. The Kier molecular flexibility index (Phi) is 2.73. The number of hydrogen-bond acceptors (Lipinski definition) is 4. The standard InChI is InChI=1S/C6H11N3O3/c7-5(10)12-4-3-9-2-1-8-6(9)11/h1-4H2,(H2,7,10)(H,8,11)/p-1. The molecule has 0 atom stereocenters. The third-order valence-electron chi connectivity index (χ3n) is 1.54. The highest BCUT2D eigenvalue weighted by atomic mass is 16.6. The van der Waals surface area contributed by atoms with E-state index in [1.165, 1.54) is 4.90 Å². The van der Waals surface area contributed by atoms with Gasteiger partial charge in [0, 0.05) is 26.2 Å². The molecule has 0 bridgehead atoms. The second kappa shape index (κ2) is 3.80. The molecule has 0 radical (unpaired) electrons. The highest BCUT2D eigenvalue weighted by Gasteiger charge is 2.17. The van der Waals surface area contributed by atoms with Gasteiger partial charge in [0.15, 0.2) is 0 Å². The van der Waals surface area contributed by atoms with Crippen LogP contribution >= 0.6 is 0 Å². The van der Waals surface area contributed by atoms with Gasteiger partial charge in [0.2, 0.25) is 0 Å². The van der Waals surface area contributed by atoms with Crippen LogP contribution in [0.5, 0.6) is 0 Å². The molecule has 2 amide bonds. The van der Waals surface area contributed by atoms with Crippen molar-refractivity contribution in [2.75, 3.05) is 26.2 Å². The third kappa shape index (κ3) is 2.30. The second-order valence-corrected chi connectivity index (χ2v) is 2.35. The summed E-state index contributed by atoms with van der Waals surface area (Å²) in [7, 11) is 0. The number of nitrogens with one attached hydrogen (secondary N) is 2. The number of carbonyl (C=O) groups is 1. The molecule has 6 heteroatoms. The van der Waals surface area contributed by atoms with Crippen molar-refractivity contribution >= 4 is 12.1 Å². The number of urea groups is 1. The third-order valence-corrected chi connectivity index (χ3v) is 1.54. The van der Waals surface area contributed by atoms with Gasteiger partial charge in [0.25, 0.3) is 0 Å². The Bertz CT molecular complexity index is 194. The van der Waals surface area contributed by atoms with E-state index in [0.717, 1.165) is 0 Å². The van der Waals surface area contributed by atoms with Crippen molar-refractivity contribution in [3.63, 3.8) is 0 Å². The first-order valence-electron chi connectivity index (χ1n) is 3.61. The minimum absolute atomic E-state index is 0.0930. The van der Waals surface area contributed by atoms with E-state index in [9.17, 15) is 9.90 Å². The Balaban J connectivity index is 2.14. The minimum atomic E-state index is -1.06. The van der Waals surface area contributed by atoms with Gasteiger partial charge in [-0.05, 0) is 0 Å². The largest absolute Gasteiger partial charge is 0.599 e. The van der Waals surface area contributed by atoms with Crippen LogP contribution in [-0.2, 0) is 4.74 Å². The Labute approximate surface area is 69.6 Å². The highest BCUT2D eigenvalue weighted by Crippen LogP contribution is 1.95. The van der Waals surface area contributed by atoms with Gasteiger partial charge in [-0.15, -0.1) is 0 Å². The topological polar surface area (TPSA) is 88.5 Å². The van der Waals surface area contributed by atoms with Gasteiger partial charge < -0.3 is 20.1 Å². The summed E-state index contributed by atoms with van der Waals surface area (Å²) in [6.07, 6.45) is -1.06. The Morgan fingerprint density at radius 3 is 3.08 bits per heavy atom. The Morgan fingerprint density at radius 1 is 1.83 bits per heavy atom. The molecule has 0 spiro atoms. The zero-order valence-electron chi connectivity index (χ0n) is 6.50. The van der Waals surface area contributed by atoms with Gasteiger partial charge in [0.05, 0.1) is 0 Å². The molecule has 0 aromatic rings. The van der Waals surface area contributed by atoms with Gasteiger partial charge in [-0.25, -0.2) is 4.79 Å². The summed E-state index contributed by atoms with van der Waals surface area (Å²) in [5, 5.41) is 19.1. The number of nitrogens with zero attached hydrogens (tertiary/aromatic N) is 1. The summed E-state index contributed by atoms with van der Waals surface area (Å²) in [5.41, 5.74) is 0. The first-order valence-corrected chi connectivity index (χ1v) is 3.61. The molecule has 1 fully saturated rings. The molecule has 0 unspecified atom stereocenters. The van der Waals surface area contributed by atoms with Crippen LogP contribution in [0.1, 0.15) is 0 Å². The summed E-state index contributed by atoms with van der Waals surface area (Å²) in [4.78, 5) is 12.4. The van der Waals surface area contributed by atoms with E-state index in [4.69, 9.17) is 5.41 Å². The number of rotatable bonds is 3. The molecule has 1 saturated heterocycles. The van der Waals surface area contributed by atoms with Gasteiger partial charge in [-0.2, -0.15) is 0 Å². The van der Waals surface area contributed by atoms with Crippen molar-refractivity contribution in [3.8, 4) is 0 Å². The summed E-state index contributed by atoms with van der Waals surface area (Å²) < 4.78 is 4.36. The first kappa shape index (κ1) is 8.63. The van der Waals surface area contributed by atoms with Gasteiger partial charge in [-0.3, -0.25) is 5.41 Å². The summed E-state index contributed by atoms with van der Waals surface area (Å²) in [6.45, 7) is 1.72. The van der Waals surface area contributed by atoms with Crippen molar-refractivity contribution in [3.05, 3.63) is 0 Å². The summed E-state index contributed by atoms with van der Waals surface area (Å²) in [5.74, 6) is 0. The number of ether oxygens (including phenoxy) is 1.